The van der Waals surface area contributed by atoms with Gasteiger partial charge in [-0.1, -0.05) is 18.2 Å². The summed E-state index contributed by atoms with van der Waals surface area (Å²) in [6.07, 6.45) is 0. The number of benzene rings is 2. The first-order valence-corrected chi connectivity index (χ1v) is 11.0. The molecule has 0 bridgehead atoms. The van der Waals surface area contributed by atoms with Crippen molar-refractivity contribution in [3.8, 4) is 5.75 Å². The van der Waals surface area contributed by atoms with E-state index in [0.717, 1.165) is 0 Å². The molecular formula is C20H21FN2O4S. The maximum atomic E-state index is 14.1. The summed E-state index contributed by atoms with van der Waals surface area (Å²) in [5.41, 5.74) is 0.976. The Hall–Kier alpha value is -2.61. The molecule has 2 heterocycles. The van der Waals surface area contributed by atoms with Crippen molar-refractivity contribution in [1.29, 1.82) is 0 Å². The van der Waals surface area contributed by atoms with Crippen LogP contribution in [0.4, 0.5) is 14.9 Å². The van der Waals surface area contributed by atoms with Crippen molar-refractivity contribution < 1.29 is 22.3 Å². The monoisotopic (exact) mass is 404 g/mol. The average Bonchev–Trinajstić information content (AvgIpc) is 3.08. The first kappa shape index (κ1) is 18.7. The number of amides is 2. The molecule has 6 nitrogen and oxygen atoms in total. The van der Waals surface area contributed by atoms with Crippen molar-refractivity contribution in [2.45, 2.75) is 25.6 Å². The Morgan fingerprint density at radius 1 is 1.07 bits per heavy atom. The number of nitrogens with zero attached hydrogens (tertiary/aromatic N) is 2. The predicted octanol–water partition coefficient (Wildman–Crippen LogP) is 2.83. The van der Waals surface area contributed by atoms with Gasteiger partial charge in [0, 0.05) is 11.3 Å². The Morgan fingerprint density at radius 2 is 1.75 bits per heavy atom. The summed E-state index contributed by atoms with van der Waals surface area (Å²) < 4.78 is 44.1. The van der Waals surface area contributed by atoms with Gasteiger partial charge in [-0.25, -0.2) is 17.6 Å². The largest absolute Gasteiger partial charge is 0.494 e. The number of rotatable bonds is 5. The summed E-state index contributed by atoms with van der Waals surface area (Å²) >= 11 is 0. The number of ether oxygens (including phenoxy) is 1. The van der Waals surface area contributed by atoms with Gasteiger partial charge in [0.2, 0.25) is 0 Å². The zero-order valence-electron chi connectivity index (χ0n) is 15.4. The summed E-state index contributed by atoms with van der Waals surface area (Å²) in [6.45, 7) is 2.45. The minimum atomic E-state index is -3.28. The molecule has 4 rings (SSSR count). The van der Waals surface area contributed by atoms with E-state index < -0.39 is 27.7 Å². The lowest BCUT2D eigenvalue weighted by molar-refractivity contribution is 0.205. The highest BCUT2D eigenvalue weighted by molar-refractivity contribution is 7.91. The Kier molecular flexibility index (Phi) is 4.74. The highest BCUT2D eigenvalue weighted by Crippen LogP contribution is 2.36. The topological polar surface area (TPSA) is 66.9 Å². The average molecular weight is 404 g/mol. The fourth-order valence-corrected chi connectivity index (χ4v) is 5.89. The lowest BCUT2D eigenvalue weighted by Gasteiger charge is -2.23. The number of carbonyl (C=O) groups is 1. The van der Waals surface area contributed by atoms with Crippen molar-refractivity contribution in [2.24, 2.45) is 0 Å². The van der Waals surface area contributed by atoms with Crippen LogP contribution in [0.25, 0.3) is 0 Å². The molecule has 148 valence electrons. The van der Waals surface area contributed by atoms with E-state index in [2.05, 4.69) is 0 Å². The number of anilines is 1. The van der Waals surface area contributed by atoms with Crippen LogP contribution in [-0.2, 0) is 16.4 Å². The Balaban J connectivity index is 1.67. The SMILES string of the molecule is CCOc1ccc(N2C(=O)N(Cc3ccccc3F)[C@@H]3CS(=O)(=O)C[C@@H]32)cc1. The molecule has 28 heavy (non-hydrogen) atoms. The van der Waals surface area contributed by atoms with Crippen LogP contribution in [0.3, 0.4) is 0 Å². The molecule has 2 aromatic rings. The molecule has 2 atom stereocenters. The number of hydrogen-bond donors (Lipinski definition) is 0. The molecule has 2 fully saturated rings. The third kappa shape index (κ3) is 3.32. The highest BCUT2D eigenvalue weighted by Gasteiger charge is 2.53. The lowest BCUT2D eigenvalue weighted by atomic mass is 10.1. The number of carbonyl (C=O) groups excluding carboxylic acids is 1. The van der Waals surface area contributed by atoms with E-state index in [1.165, 1.54) is 15.9 Å². The highest BCUT2D eigenvalue weighted by atomic mass is 32.2. The second kappa shape index (κ2) is 7.09. The molecule has 2 aromatic carbocycles. The molecule has 8 heteroatoms. The summed E-state index contributed by atoms with van der Waals surface area (Å²) in [4.78, 5) is 16.2. The van der Waals surface area contributed by atoms with Crippen molar-refractivity contribution in [3.63, 3.8) is 0 Å². The Labute approximate surface area is 163 Å². The fourth-order valence-electron chi connectivity index (χ4n) is 3.94. The third-order valence-corrected chi connectivity index (χ3v) is 6.90. The summed E-state index contributed by atoms with van der Waals surface area (Å²) in [7, 11) is -3.28. The van der Waals surface area contributed by atoms with Crippen LogP contribution in [0.5, 0.6) is 5.75 Å². The quantitative estimate of drug-likeness (QED) is 0.719. The standard InChI is InChI=1S/C20H21FN2O4S/c1-2-27-16-9-7-15(8-10-16)23-19-13-28(25,26)12-18(19)22(20(23)24)11-14-5-3-4-6-17(14)21/h3-10,18-19H,2,11-13H2,1H3/t18-,19+/m1/s1. The van der Waals surface area contributed by atoms with Crippen molar-refractivity contribution in [3.05, 3.63) is 59.9 Å². The third-order valence-electron chi connectivity index (χ3n) is 5.20. The molecule has 0 aromatic heterocycles. The zero-order chi connectivity index (χ0) is 19.9. The zero-order valence-corrected chi connectivity index (χ0v) is 16.2. The van der Waals surface area contributed by atoms with Crippen molar-refractivity contribution in [2.75, 3.05) is 23.0 Å². The van der Waals surface area contributed by atoms with E-state index >= 15 is 0 Å². The van der Waals surface area contributed by atoms with Crippen LogP contribution in [0.15, 0.2) is 48.5 Å². The molecular weight excluding hydrogens is 383 g/mol. The van der Waals surface area contributed by atoms with E-state index in [4.69, 9.17) is 4.74 Å². The van der Waals surface area contributed by atoms with E-state index in [1.807, 2.05) is 6.92 Å². The summed E-state index contributed by atoms with van der Waals surface area (Å²) in [5.74, 6) is 0.0689. The summed E-state index contributed by atoms with van der Waals surface area (Å²) in [5, 5.41) is 0. The molecule has 0 saturated carbocycles. The van der Waals surface area contributed by atoms with Gasteiger partial charge in [0.25, 0.3) is 0 Å². The van der Waals surface area contributed by atoms with Crippen LogP contribution in [0.1, 0.15) is 12.5 Å². The van der Waals surface area contributed by atoms with Crippen LogP contribution in [0, 0.1) is 5.82 Å². The predicted molar refractivity (Wildman–Crippen MR) is 104 cm³/mol. The molecule has 0 N–H and O–H groups in total. The van der Waals surface area contributed by atoms with E-state index in [9.17, 15) is 17.6 Å². The van der Waals surface area contributed by atoms with Crippen molar-refractivity contribution in [1.82, 2.24) is 4.90 Å². The lowest BCUT2D eigenvalue weighted by Crippen LogP contribution is -2.37. The first-order valence-electron chi connectivity index (χ1n) is 9.16. The number of halogens is 1. The fraction of sp³-hybridized carbons (Fsp3) is 0.350. The minimum Gasteiger partial charge on any atom is -0.494 e. The molecule has 2 aliphatic heterocycles. The number of sulfone groups is 1. The Bertz CT molecular complexity index is 994. The number of fused-ring (bicyclic) bond motifs is 1. The van der Waals surface area contributed by atoms with Crippen LogP contribution in [0.2, 0.25) is 0 Å². The van der Waals surface area contributed by atoms with Gasteiger partial charge >= 0.3 is 6.03 Å². The van der Waals surface area contributed by atoms with Gasteiger partial charge in [0.05, 0.1) is 36.7 Å². The van der Waals surface area contributed by atoms with Crippen LogP contribution in [-0.4, -0.2) is 49.5 Å². The molecule has 0 radical (unpaired) electrons. The maximum absolute atomic E-state index is 14.1. The van der Waals surface area contributed by atoms with E-state index in [-0.39, 0.29) is 24.1 Å². The first-order chi connectivity index (χ1) is 13.4. The van der Waals surface area contributed by atoms with Crippen LogP contribution < -0.4 is 9.64 Å². The van der Waals surface area contributed by atoms with E-state index in [1.54, 1.807) is 42.5 Å². The second-order valence-electron chi connectivity index (χ2n) is 7.01. The second-order valence-corrected chi connectivity index (χ2v) is 9.16. The molecule has 2 aliphatic rings. The normalized spacial score (nSPS) is 23.1. The number of hydrogen-bond acceptors (Lipinski definition) is 4. The van der Waals surface area contributed by atoms with Gasteiger partial charge in [-0.2, -0.15) is 0 Å². The van der Waals surface area contributed by atoms with Gasteiger partial charge in [-0.05, 0) is 37.3 Å². The van der Waals surface area contributed by atoms with Gasteiger partial charge in [0.1, 0.15) is 11.6 Å². The number of urea groups is 1. The smallest absolute Gasteiger partial charge is 0.325 e. The van der Waals surface area contributed by atoms with E-state index in [0.29, 0.717) is 23.6 Å². The maximum Gasteiger partial charge on any atom is 0.325 e. The minimum absolute atomic E-state index is 0.0374. The van der Waals surface area contributed by atoms with Crippen LogP contribution >= 0.6 is 0 Å². The van der Waals surface area contributed by atoms with Gasteiger partial charge < -0.3 is 9.64 Å². The van der Waals surface area contributed by atoms with Crippen molar-refractivity contribution >= 4 is 21.6 Å². The molecule has 0 aliphatic carbocycles. The molecule has 0 unspecified atom stereocenters. The Morgan fingerprint density at radius 3 is 2.43 bits per heavy atom. The van der Waals surface area contributed by atoms with Gasteiger partial charge in [-0.15, -0.1) is 0 Å². The summed E-state index contributed by atoms with van der Waals surface area (Å²) in [6, 6.07) is 11.9. The molecule has 2 saturated heterocycles. The molecule has 2 amide bonds. The van der Waals surface area contributed by atoms with Gasteiger partial charge in [-0.3, -0.25) is 4.90 Å². The molecule has 0 spiro atoms. The van der Waals surface area contributed by atoms with Gasteiger partial charge in [0.15, 0.2) is 9.84 Å².